The summed E-state index contributed by atoms with van der Waals surface area (Å²) in [6.45, 7) is 5.35. The Morgan fingerprint density at radius 3 is 2.41 bits per heavy atom. The summed E-state index contributed by atoms with van der Waals surface area (Å²) < 4.78 is 0. The van der Waals surface area contributed by atoms with Gasteiger partial charge in [-0.15, -0.1) is 0 Å². The second-order valence-electron chi connectivity index (χ2n) is 8.96. The van der Waals surface area contributed by atoms with Crippen molar-refractivity contribution in [2.45, 2.75) is 70.4 Å². The summed E-state index contributed by atoms with van der Waals surface area (Å²) >= 11 is 6.08. The van der Waals surface area contributed by atoms with Gasteiger partial charge in [0.15, 0.2) is 0 Å². The lowest BCUT2D eigenvalue weighted by atomic mass is 10.1. The van der Waals surface area contributed by atoms with Crippen molar-refractivity contribution in [3.8, 4) is 0 Å². The molecule has 2 N–H and O–H groups in total. The van der Waals surface area contributed by atoms with Gasteiger partial charge in [0.2, 0.25) is 17.8 Å². The van der Waals surface area contributed by atoms with Gasteiger partial charge in [-0.05, 0) is 63.0 Å². The molecule has 8 heteroatoms. The Kier molecular flexibility index (Phi) is 8.03. The van der Waals surface area contributed by atoms with Gasteiger partial charge in [0.05, 0.1) is 0 Å². The molecule has 174 valence electrons. The summed E-state index contributed by atoms with van der Waals surface area (Å²) in [5, 5.41) is 7.83. The van der Waals surface area contributed by atoms with Gasteiger partial charge in [0, 0.05) is 36.4 Å². The van der Waals surface area contributed by atoms with Crippen molar-refractivity contribution < 1.29 is 0 Å². The summed E-state index contributed by atoms with van der Waals surface area (Å²) in [5.41, 5.74) is 0.986. The first-order chi connectivity index (χ1) is 15.6. The minimum absolute atomic E-state index is 0.423. The van der Waals surface area contributed by atoms with E-state index in [1.807, 2.05) is 36.2 Å². The number of nitrogens with zero attached hydrogens (tertiary/aromatic N) is 5. The molecule has 7 nitrogen and oxygen atoms in total. The van der Waals surface area contributed by atoms with Crippen molar-refractivity contribution in [2.24, 2.45) is 0 Å². The first-order valence-corrected chi connectivity index (χ1v) is 12.5. The van der Waals surface area contributed by atoms with Gasteiger partial charge in [-0.25, -0.2) is 0 Å². The number of hydrogen-bond donors (Lipinski definition) is 2. The number of likely N-dealkylation sites (N-methyl/N-ethyl adjacent to an activating group) is 1. The van der Waals surface area contributed by atoms with Crippen LogP contribution >= 0.6 is 11.6 Å². The maximum Gasteiger partial charge on any atom is 0.236 e. The van der Waals surface area contributed by atoms with Crippen molar-refractivity contribution >= 4 is 35.1 Å². The molecule has 2 aromatic rings. The lowest BCUT2D eigenvalue weighted by Gasteiger charge is -2.24. The fourth-order valence-corrected chi connectivity index (χ4v) is 4.92. The van der Waals surface area contributed by atoms with Gasteiger partial charge in [-0.3, -0.25) is 4.90 Å². The number of halogens is 1. The van der Waals surface area contributed by atoms with Crippen molar-refractivity contribution in [3.05, 3.63) is 29.3 Å². The Morgan fingerprint density at radius 2 is 1.69 bits per heavy atom. The number of nitrogens with one attached hydrogen (secondary N) is 2. The van der Waals surface area contributed by atoms with Crippen LogP contribution in [0.1, 0.15) is 58.3 Å². The van der Waals surface area contributed by atoms with E-state index in [0.717, 1.165) is 18.8 Å². The Bertz CT molecular complexity index is 852. The Labute approximate surface area is 197 Å². The fourth-order valence-electron chi connectivity index (χ4n) is 4.80. The molecular weight excluding hydrogens is 422 g/mol. The van der Waals surface area contributed by atoms with Gasteiger partial charge < -0.3 is 15.5 Å². The van der Waals surface area contributed by atoms with Crippen LogP contribution in [0.5, 0.6) is 0 Å². The topological polar surface area (TPSA) is 69.2 Å². The number of rotatable bonds is 8. The number of aromatic nitrogens is 3. The third kappa shape index (κ3) is 6.01. The Hall–Kier alpha value is -2.12. The van der Waals surface area contributed by atoms with Crippen LogP contribution in [0.25, 0.3) is 0 Å². The molecule has 1 unspecified atom stereocenters. The van der Waals surface area contributed by atoms with Crippen LogP contribution in [0.3, 0.4) is 0 Å². The lowest BCUT2D eigenvalue weighted by Crippen LogP contribution is -2.35. The molecule has 0 spiro atoms. The quantitative estimate of drug-likeness (QED) is 0.519. The minimum Gasteiger partial charge on any atom is -0.352 e. The molecule has 4 rings (SSSR count). The third-order valence-corrected chi connectivity index (χ3v) is 6.98. The SMILES string of the molecule is CCN1CCCC1CNc1nc(NC2CCCCCC2)nc(N(C)c2ccc(Cl)cc2)n1. The first kappa shape index (κ1) is 23.1. The molecule has 1 saturated heterocycles. The largest absolute Gasteiger partial charge is 0.352 e. The molecule has 1 aromatic carbocycles. The number of hydrogen-bond acceptors (Lipinski definition) is 7. The zero-order valence-corrected chi connectivity index (χ0v) is 20.1. The van der Waals surface area contributed by atoms with Crippen LogP contribution in [0, 0.1) is 0 Å². The maximum atomic E-state index is 6.08. The van der Waals surface area contributed by atoms with Gasteiger partial charge in [-0.2, -0.15) is 15.0 Å². The summed E-state index contributed by atoms with van der Waals surface area (Å²) in [7, 11) is 1.98. The standard InChI is InChI=1S/C24H36ClN7/c1-3-32-16-8-11-21(32)17-26-22-28-23(27-19-9-6-4-5-7-10-19)30-24(29-22)31(2)20-14-12-18(25)13-15-20/h12-15,19,21H,3-11,16-17H2,1-2H3,(H2,26,27,28,29,30). The van der Waals surface area contributed by atoms with Crippen LogP contribution < -0.4 is 15.5 Å². The van der Waals surface area contributed by atoms with Crippen LogP contribution in [-0.2, 0) is 0 Å². The highest BCUT2D eigenvalue weighted by molar-refractivity contribution is 6.30. The summed E-state index contributed by atoms with van der Waals surface area (Å²) in [5.74, 6) is 1.92. The smallest absolute Gasteiger partial charge is 0.236 e. The average molecular weight is 458 g/mol. The van der Waals surface area contributed by atoms with Crippen LogP contribution in [0.4, 0.5) is 23.5 Å². The number of anilines is 4. The summed E-state index contributed by atoms with van der Waals surface area (Å²) in [6.07, 6.45) is 9.99. The average Bonchev–Trinajstić information content (AvgIpc) is 3.12. The molecule has 1 aliphatic heterocycles. The van der Waals surface area contributed by atoms with E-state index in [2.05, 4.69) is 22.5 Å². The van der Waals surface area contributed by atoms with E-state index in [0.29, 0.717) is 35.0 Å². The number of benzene rings is 1. The molecule has 2 aliphatic rings. The zero-order valence-electron chi connectivity index (χ0n) is 19.4. The highest BCUT2D eigenvalue weighted by atomic mass is 35.5. The Balaban J connectivity index is 1.54. The maximum absolute atomic E-state index is 6.08. The minimum atomic E-state index is 0.423. The van der Waals surface area contributed by atoms with Crippen LogP contribution in [0.15, 0.2) is 24.3 Å². The van der Waals surface area contributed by atoms with E-state index < -0.39 is 0 Å². The fraction of sp³-hybridized carbons (Fsp3) is 0.625. The predicted octanol–water partition coefficient (Wildman–Crippen LogP) is 5.32. The molecule has 1 saturated carbocycles. The van der Waals surface area contributed by atoms with Crippen molar-refractivity contribution in [1.29, 1.82) is 0 Å². The summed E-state index contributed by atoms with van der Waals surface area (Å²) in [6, 6.07) is 8.69. The van der Waals surface area contributed by atoms with Gasteiger partial charge in [0.25, 0.3) is 0 Å². The van der Waals surface area contributed by atoms with E-state index in [9.17, 15) is 0 Å². The monoisotopic (exact) mass is 457 g/mol. The molecule has 32 heavy (non-hydrogen) atoms. The third-order valence-electron chi connectivity index (χ3n) is 6.73. The molecule has 1 atom stereocenters. The van der Waals surface area contributed by atoms with Gasteiger partial charge in [-0.1, -0.05) is 44.2 Å². The molecular formula is C24H36ClN7. The van der Waals surface area contributed by atoms with E-state index in [-0.39, 0.29) is 0 Å². The van der Waals surface area contributed by atoms with Crippen molar-refractivity contribution in [1.82, 2.24) is 19.9 Å². The van der Waals surface area contributed by atoms with E-state index in [4.69, 9.17) is 26.6 Å². The molecule has 2 heterocycles. The zero-order chi connectivity index (χ0) is 22.3. The van der Waals surface area contributed by atoms with Crippen LogP contribution in [-0.4, -0.2) is 58.6 Å². The first-order valence-electron chi connectivity index (χ1n) is 12.1. The van der Waals surface area contributed by atoms with Crippen LogP contribution in [0.2, 0.25) is 5.02 Å². The molecule has 0 bridgehead atoms. The molecule has 0 amide bonds. The Morgan fingerprint density at radius 1 is 0.969 bits per heavy atom. The van der Waals surface area contributed by atoms with E-state index >= 15 is 0 Å². The predicted molar refractivity (Wildman–Crippen MR) is 133 cm³/mol. The highest BCUT2D eigenvalue weighted by Crippen LogP contribution is 2.26. The molecule has 1 aliphatic carbocycles. The summed E-state index contributed by atoms with van der Waals surface area (Å²) in [4.78, 5) is 18.8. The lowest BCUT2D eigenvalue weighted by molar-refractivity contribution is 0.277. The second-order valence-corrected chi connectivity index (χ2v) is 9.39. The molecule has 0 radical (unpaired) electrons. The van der Waals surface area contributed by atoms with E-state index in [1.165, 1.54) is 57.9 Å². The van der Waals surface area contributed by atoms with E-state index in [1.54, 1.807) is 0 Å². The van der Waals surface area contributed by atoms with Gasteiger partial charge >= 0.3 is 0 Å². The highest BCUT2D eigenvalue weighted by Gasteiger charge is 2.23. The second kappa shape index (κ2) is 11.1. The molecule has 1 aromatic heterocycles. The van der Waals surface area contributed by atoms with Gasteiger partial charge in [0.1, 0.15) is 0 Å². The normalized spacial score (nSPS) is 20.2. The number of likely N-dealkylation sites (tertiary alicyclic amines) is 1. The molecule has 2 fully saturated rings. The van der Waals surface area contributed by atoms with Crippen molar-refractivity contribution in [2.75, 3.05) is 42.2 Å². The van der Waals surface area contributed by atoms with Crippen molar-refractivity contribution in [3.63, 3.8) is 0 Å².